The van der Waals surface area contributed by atoms with Gasteiger partial charge < -0.3 is 5.32 Å². The van der Waals surface area contributed by atoms with E-state index in [1.165, 1.54) is 0 Å². The monoisotopic (exact) mass is 201 g/mol. The van der Waals surface area contributed by atoms with Crippen molar-refractivity contribution < 1.29 is 4.79 Å². The van der Waals surface area contributed by atoms with Gasteiger partial charge in [-0.25, -0.2) is 0 Å². The second-order valence-electron chi connectivity index (χ2n) is 3.56. The molecule has 1 unspecified atom stereocenters. The molecule has 1 amide bonds. The number of benzene rings is 1. The number of hydrogen-bond acceptors (Lipinski definition) is 1. The van der Waals surface area contributed by atoms with Crippen LogP contribution in [-0.4, -0.2) is 11.9 Å². The molecule has 15 heavy (non-hydrogen) atoms. The largest absolute Gasteiger partial charge is 0.342 e. The first-order chi connectivity index (χ1) is 7.13. The lowest BCUT2D eigenvalue weighted by Gasteiger charge is -2.09. The van der Waals surface area contributed by atoms with Gasteiger partial charge in [-0.1, -0.05) is 30.2 Å². The third kappa shape index (κ3) is 3.47. The van der Waals surface area contributed by atoms with Gasteiger partial charge in [-0.2, -0.15) is 0 Å². The van der Waals surface area contributed by atoms with Crippen LogP contribution in [0.1, 0.15) is 18.1 Å². The number of carbonyl (C=O) groups is 1. The van der Waals surface area contributed by atoms with E-state index in [0.717, 1.165) is 11.1 Å². The highest BCUT2D eigenvalue weighted by Crippen LogP contribution is 2.07. The summed E-state index contributed by atoms with van der Waals surface area (Å²) < 4.78 is 0. The molecule has 0 aliphatic rings. The van der Waals surface area contributed by atoms with Crippen molar-refractivity contribution in [1.29, 1.82) is 0 Å². The Balaban J connectivity index is 2.60. The van der Waals surface area contributed by atoms with Crippen LogP contribution in [0.15, 0.2) is 24.3 Å². The van der Waals surface area contributed by atoms with Gasteiger partial charge >= 0.3 is 0 Å². The molecule has 1 aromatic carbocycles. The molecular formula is C13H15NO. The molecule has 0 spiro atoms. The fourth-order valence-corrected chi connectivity index (χ4v) is 1.32. The van der Waals surface area contributed by atoms with Crippen molar-refractivity contribution >= 4 is 5.91 Å². The zero-order chi connectivity index (χ0) is 11.3. The van der Waals surface area contributed by atoms with E-state index < -0.39 is 0 Å². The van der Waals surface area contributed by atoms with Gasteiger partial charge in [0.05, 0.1) is 12.5 Å². The Morgan fingerprint density at radius 1 is 1.53 bits per heavy atom. The van der Waals surface area contributed by atoms with E-state index in [2.05, 4.69) is 11.2 Å². The van der Waals surface area contributed by atoms with Crippen molar-refractivity contribution in [2.75, 3.05) is 0 Å². The third-order valence-electron chi connectivity index (χ3n) is 2.24. The predicted molar refractivity (Wildman–Crippen MR) is 61.3 cm³/mol. The summed E-state index contributed by atoms with van der Waals surface area (Å²) in [6.45, 7) is 3.78. The first-order valence-electron chi connectivity index (χ1n) is 4.93. The van der Waals surface area contributed by atoms with Crippen molar-refractivity contribution in [2.24, 2.45) is 0 Å². The Hall–Kier alpha value is -1.75. The van der Waals surface area contributed by atoms with E-state index in [1.807, 2.05) is 31.2 Å². The van der Waals surface area contributed by atoms with Crippen molar-refractivity contribution in [3.8, 4) is 12.3 Å². The third-order valence-corrected chi connectivity index (χ3v) is 2.24. The zero-order valence-electron chi connectivity index (χ0n) is 9.08. The number of hydrogen-bond donors (Lipinski definition) is 1. The van der Waals surface area contributed by atoms with Gasteiger partial charge in [0.25, 0.3) is 0 Å². The minimum atomic E-state index is -0.207. The highest BCUT2D eigenvalue weighted by Gasteiger charge is 2.06. The molecule has 0 aromatic heterocycles. The molecule has 0 heterocycles. The molecule has 0 aliphatic heterocycles. The number of amides is 1. The van der Waals surface area contributed by atoms with Gasteiger partial charge in [-0.05, 0) is 25.0 Å². The van der Waals surface area contributed by atoms with Gasteiger partial charge in [0.1, 0.15) is 0 Å². The summed E-state index contributed by atoms with van der Waals surface area (Å²) in [4.78, 5) is 11.5. The summed E-state index contributed by atoms with van der Waals surface area (Å²) in [6.07, 6.45) is 5.57. The van der Waals surface area contributed by atoms with Gasteiger partial charge in [-0.15, -0.1) is 6.42 Å². The molecule has 0 saturated carbocycles. The molecular weight excluding hydrogens is 186 g/mol. The molecule has 1 rings (SSSR count). The van der Waals surface area contributed by atoms with Crippen LogP contribution in [0.5, 0.6) is 0 Å². The molecule has 1 N–H and O–H groups in total. The lowest BCUT2D eigenvalue weighted by atomic mass is 10.1. The maximum atomic E-state index is 11.5. The van der Waals surface area contributed by atoms with Crippen LogP contribution in [0.4, 0.5) is 0 Å². The van der Waals surface area contributed by atoms with E-state index >= 15 is 0 Å². The van der Waals surface area contributed by atoms with E-state index in [4.69, 9.17) is 6.42 Å². The molecule has 0 aliphatic carbocycles. The van der Waals surface area contributed by atoms with Gasteiger partial charge in [-0.3, -0.25) is 4.79 Å². The minimum Gasteiger partial charge on any atom is -0.342 e. The van der Waals surface area contributed by atoms with Gasteiger partial charge in [0, 0.05) is 0 Å². The van der Waals surface area contributed by atoms with E-state index in [-0.39, 0.29) is 11.9 Å². The second kappa shape index (κ2) is 5.21. The fourth-order valence-electron chi connectivity index (χ4n) is 1.32. The van der Waals surface area contributed by atoms with E-state index in [0.29, 0.717) is 6.42 Å². The Bertz CT molecular complexity index is 390. The fraction of sp³-hybridized carbons (Fsp3) is 0.308. The standard InChI is InChI=1S/C13H15NO/c1-4-11(3)14-13(15)9-12-8-6-5-7-10(12)2/h1,5-8,11H,9H2,2-3H3,(H,14,15). The average molecular weight is 201 g/mol. The number of rotatable bonds is 3. The number of terminal acetylenes is 1. The number of nitrogens with one attached hydrogen (secondary N) is 1. The van der Waals surface area contributed by atoms with Crippen LogP contribution < -0.4 is 5.32 Å². The van der Waals surface area contributed by atoms with Gasteiger partial charge in [0.15, 0.2) is 0 Å². The van der Waals surface area contributed by atoms with Crippen LogP contribution in [0, 0.1) is 19.3 Å². The quantitative estimate of drug-likeness (QED) is 0.741. The summed E-state index contributed by atoms with van der Waals surface area (Å²) in [5.74, 6) is 2.43. The summed E-state index contributed by atoms with van der Waals surface area (Å²) >= 11 is 0. The molecule has 1 atom stereocenters. The van der Waals surface area contributed by atoms with Crippen LogP contribution in [0.2, 0.25) is 0 Å². The Morgan fingerprint density at radius 3 is 2.80 bits per heavy atom. The van der Waals surface area contributed by atoms with Crippen LogP contribution in [0.25, 0.3) is 0 Å². The van der Waals surface area contributed by atoms with E-state index in [9.17, 15) is 4.79 Å². The maximum absolute atomic E-state index is 11.5. The molecule has 1 aromatic rings. The molecule has 2 nitrogen and oxygen atoms in total. The SMILES string of the molecule is C#CC(C)NC(=O)Cc1ccccc1C. The summed E-state index contributed by atoms with van der Waals surface area (Å²) in [5.41, 5.74) is 2.17. The lowest BCUT2D eigenvalue weighted by Crippen LogP contribution is -2.32. The Kier molecular flexibility index (Phi) is 3.93. The summed E-state index contributed by atoms with van der Waals surface area (Å²) in [5, 5.41) is 2.73. The van der Waals surface area contributed by atoms with Crippen molar-refractivity contribution in [3.63, 3.8) is 0 Å². The topological polar surface area (TPSA) is 29.1 Å². The highest BCUT2D eigenvalue weighted by atomic mass is 16.1. The van der Waals surface area contributed by atoms with Crippen LogP contribution in [0.3, 0.4) is 0 Å². The van der Waals surface area contributed by atoms with Gasteiger partial charge in [0.2, 0.25) is 5.91 Å². The average Bonchev–Trinajstić information content (AvgIpc) is 2.21. The van der Waals surface area contributed by atoms with Crippen molar-refractivity contribution in [1.82, 2.24) is 5.32 Å². The molecule has 0 fully saturated rings. The van der Waals surface area contributed by atoms with Crippen molar-refractivity contribution in [2.45, 2.75) is 26.3 Å². The first-order valence-corrected chi connectivity index (χ1v) is 4.93. The maximum Gasteiger partial charge on any atom is 0.225 e. The smallest absolute Gasteiger partial charge is 0.225 e. The van der Waals surface area contributed by atoms with Crippen LogP contribution >= 0.6 is 0 Å². The first kappa shape index (κ1) is 11.3. The molecule has 0 bridgehead atoms. The number of aryl methyl sites for hydroxylation is 1. The Labute approximate surface area is 90.7 Å². The zero-order valence-corrected chi connectivity index (χ0v) is 9.08. The highest BCUT2D eigenvalue weighted by molar-refractivity contribution is 5.79. The Morgan fingerprint density at radius 2 is 2.20 bits per heavy atom. The molecule has 0 saturated heterocycles. The molecule has 2 heteroatoms. The molecule has 78 valence electrons. The molecule has 0 radical (unpaired) electrons. The van der Waals surface area contributed by atoms with E-state index in [1.54, 1.807) is 6.92 Å². The minimum absolute atomic E-state index is 0.0326. The lowest BCUT2D eigenvalue weighted by molar-refractivity contribution is -0.120. The summed E-state index contributed by atoms with van der Waals surface area (Å²) in [6, 6.07) is 7.63. The normalized spacial score (nSPS) is 11.5. The predicted octanol–water partition coefficient (Wildman–Crippen LogP) is 1.68. The second-order valence-corrected chi connectivity index (χ2v) is 3.56. The number of carbonyl (C=O) groups excluding carboxylic acids is 1. The summed E-state index contributed by atoms with van der Waals surface area (Å²) in [7, 11) is 0. The van der Waals surface area contributed by atoms with Crippen molar-refractivity contribution in [3.05, 3.63) is 35.4 Å². The van der Waals surface area contributed by atoms with Crippen LogP contribution in [-0.2, 0) is 11.2 Å².